The zero-order valence-corrected chi connectivity index (χ0v) is 24.7. The number of nitrogens with zero attached hydrogens (tertiary/aromatic N) is 4. The largest absolute Gasteiger partial charge is 0.343 e. The van der Waals surface area contributed by atoms with Gasteiger partial charge in [0.1, 0.15) is 12.1 Å². The van der Waals surface area contributed by atoms with Crippen molar-refractivity contribution in [2.45, 2.75) is 59.8 Å². The second kappa shape index (κ2) is 16.3. The van der Waals surface area contributed by atoms with E-state index in [1.165, 1.54) is 0 Å². The van der Waals surface area contributed by atoms with Crippen molar-refractivity contribution in [3.05, 3.63) is 72.3 Å². The molecule has 10 heteroatoms. The minimum atomic E-state index is -2.90. The first-order chi connectivity index (χ1) is 19.5. The average molecular weight is 569 g/mol. The van der Waals surface area contributed by atoms with Gasteiger partial charge in [-0.3, -0.25) is 14.9 Å². The van der Waals surface area contributed by atoms with E-state index in [0.29, 0.717) is 43.4 Å². The van der Waals surface area contributed by atoms with Gasteiger partial charge >= 0.3 is 0 Å². The number of amidine groups is 2. The van der Waals surface area contributed by atoms with E-state index in [1.807, 2.05) is 51.2 Å². The molecule has 0 radical (unpaired) electrons. The van der Waals surface area contributed by atoms with Crippen molar-refractivity contribution in [2.24, 2.45) is 21.8 Å². The van der Waals surface area contributed by atoms with Gasteiger partial charge in [-0.25, -0.2) is 13.8 Å². The number of hydrogen-bond donors (Lipinski definition) is 2. The highest BCUT2D eigenvalue weighted by Crippen LogP contribution is 2.24. The van der Waals surface area contributed by atoms with Crippen LogP contribution in [-0.4, -0.2) is 64.5 Å². The average Bonchev–Trinajstić information content (AvgIpc) is 3.47. The van der Waals surface area contributed by atoms with Crippen LogP contribution in [0.2, 0.25) is 0 Å². The molecule has 0 saturated heterocycles. The Bertz CT molecular complexity index is 1220. The molecule has 2 rings (SSSR count). The molecule has 41 heavy (non-hydrogen) atoms. The van der Waals surface area contributed by atoms with Gasteiger partial charge in [0, 0.05) is 55.0 Å². The van der Waals surface area contributed by atoms with E-state index in [2.05, 4.69) is 27.1 Å². The number of aromatic nitrogens is 2. The van der Waals surface area contributed by atoms with Gasteiger partial charge in [-0.2, -0.15) is 5.10 Å². The molecule has 2 heterocycles. The number of allylic oxidation sites excluding steroid dienone is 4. The summed E-state index contributed by atoms with van der Waals surface area (Å²) in [6.45, 7) is 13.4. The molecule has 0 bridgehead atoms. The molecule has 1 aliphatic heterocycles. The SMILES string of the molecule is C=C/C(=C\C=C(/C)c1cn[nH]c1)N/C(CC=O)=N/C(=N\CC)C1=C/CCN(C(=O)C(C)CC(C)(F)F)CC(C)/C=C\1. The quantitative estimate of drug-likeness (QED) is 0.150. The van der Waals surface area contributed by atoms with Crippen LogP contribution in [0.25, 0.3) is 5.57 Å². The van der Waals surface area contributed by atoms with Gasteiger partial charge in [0.05, 0.1) is 12.6 Å². The van der Waals surface area contributed by atoms with Crippen molar-refractivity contribution in [3.8, 4) is 0 Å². The number of aldehydes is 1. The third kappa shape index (κ3) is 11.6. The molecule has 0 spiro atoms. The van der Waals surface area contributed by atoms with Crippen LogP contribution in [0.15, 0.2) is 76.7 Å². The molecule has 2 atom stereocenters. The predicted octanol–water partition coefficient (Wildman–Crippen LogP) is 5.91. The maximum absolute atomic E-state index is 13.5. The Hall–Kier alpha value is -3.95. The third-order valence-electron chi connectivity index (χ3n) is 6.33. The summed E-state index contributed by atoms with van der Waals surface area (Å²) in [5.74, 6) is -3.12. The van der Waals surface area contributed by atoms with Gasteiger partial charge in [0.25, 0.3) is 0 Å². The second-order valence-corrected chi connectivity index (χ2v) is 10.3. The van der Waals surface area contributed by atoms with Crippen molar-refractivity contribution in [3.63, 3.8) is 0 Å². The van der Waals surface area contributed by atoms with E-state index in [-0.39, 0.29) is 18.2 Å². The van der Waals surface area contributed by atoms with Gasteiger partial charge in [-0.1, -0.05) is 44.7 Å². The molecular formula is C31H42F2N6O2. The lowest BCUT2D eigenvalue weighted by Gasteiger charge is -2.28. The molecule has 0 aliphatic carbocycles. The number of rotatable bonds is 11. The monoisotopic (exact) mass is 568 g/mol. The van der Waals surface area contributed by atoms with E-state index in [4.69, 9.17) is 4.99 Å². The van der Waals surface area contributed by atoms with Crippen LogP contribution in [0.5, 0.6) is 0 Å². The van der Waals surface area contributed by atoms with Gasteiger partial charge in [-0.05, 0) is 50.8 Å². The van der Waals surface area contributed by atoms with Gasteiger partial charge in [0.15, 0.2) is 5.84 Å². The summed E-state index contributed by atoms with van der Waals surface area (Å²) < 4.78 is 27.1. The van der Waals surface area contributed by atoms with Crippen LogP contribution < -0.4 is 5.32 Å². The number of carbonyl (C=O) groups is 2. The first-order valence-electron chi connectivity index (χ1n) is 13.9. The number of halogens is 2. The van der Waals surface area contributed by atoms with Crippen LogP contribution in [0, 0.1) is 11.8 Å². The number of amides is 1. The van der Waals surface area contributed by atoms with E-state index in [0.717, 1.165) is 29.9 Å². The fourth-order valence-corrected chi connectivity index (χ4v) is 4.29. The van der Waals surface area contributed by atoms with Crippen LogP contribution >= 0.6 is 0 Å². The summed E-state index contributed by atoms with van der Waals surface area (Å²) >= 11 is 0. The second-order valence-electron chi connectivity index (χ2n) is 10.3. The van der Waals surface area contributed by atoms with Crippen LogP contribution in [0.1, 0.15) is 59.4 Å². The zero-order valence-electron chi connectivity index (χ0n) is 24.7. The van der Waals surface area contributed by atoms with Crippen LogP contribution in [0.4, 0.5) is 8.78 Å². The summed E-state index contributed by atoms with van der Waals surface area (Å²) in [7, 11) is 0. The Labute approximate surface area is 241 Å². The summed E-state index contributed by atoms with van der Waals surface area (Å²) in [5.41, 5.74) is 3.35. The summed E-state index contributed by atoms with van der Waals surface area (Å²) in [6.07, 6.45) is 15.5. The molecule has 0 aromatic carbocycles. The number of nitrogens with one attached hydrogen (secondary N) is 2. The molecule has 222 valence electrons. The fourth-order valence-electron chi connectivity index (χ4n) is 4.29. The summed E-state index contributed by atoms with van der Waals surface area (Å²) in [6, 6.07) is 0. The molecule has 2 N–H and O–H groups in total. The summed E-state index contributed by atoms with van der Waals surface area (Å²) in [4.78, 5) is 35.4. The number of alkyl halides is 2. The standard InChI is InChI=1S/C31H42F2N6O2/c1-7-27(14-12-23(4)26-19-35-36-20-26)37-28(15-17-40)38-29(34-8-2)25-10-9-16-39(21-22(3)11-13-25)30(41)24(5)18-31(6,32)33/h7,10-14,17,19-20,22,24H,1,8-9,15-16,18,21H2,2-6H3,(H,35,36)(H,34,37,38)/b13-11-,23-12+,25-10+,27-14+. The minimum absolute atomic E-state index is 0.0187. The van der Waals surface area contributed by atoms with Gasteiger partial charge in [-0.15, -0.1) is 0 Å². The topological polar surface area (TPSA) is 103 Å². The Morgan fingerprint density at radius 2 is 2.15 bits per heavy atom. The first kappa shape index (κ1) is 33.3. The van der Waals surface area contributed by atoms with Crippen molar-refractivity contribution in [2.75, 3.05) is 19.6 Å². The lowest BCUT2D eigenvalue weighted by molar-refractivity contribution is -0.138. The van der Waals surface area contributed by atoms with E-state index < -0.39 is 18.3 Å². The summed E-state index contributed by atoms with van der Waals surface area (Å²) in [5, 5.41) is 9.93. The zero-order chi connectivity index (χ0) is 30.4. The number of aliphatic imine (C=N–C) groups is 2. The van der Waals surface area contributed by atoms with Gasteiger partial charge < -0.3 is 15.0 Å². The fraction of sp³-hybridized carbons (Fsp3) is 0.452. The molecule has 1 amide bonds. The van der Waals surface area contributed by atoms with Crippen molar-refractivity contribution in [1.29, 1.82) is 0 Å². The van der Waals surface area contributed by atoms with E-state index in [1.54, 1.807) is 30.3 Å². The third-order valence-corrected chi connectivity index (χ3v) is 6.33. The highest BCUT2D eigenvalue weighted by Gasteiger charge is 2.31. The minimum Gasteiger partial charge on any atom is -0.343 e. The molecular weight excluding hydrogens is 526 g/mol. The number of hydrogen-bond acceptors (Lipinski definition) is 4. The maximum Gasteiger partial charge on any atom is 0.246 e. The lowest BCUT2D eigenvalue weighted by Crippen LogP contribution is -2.39. The Morgan fingerprint density at radius 1 is 1.39 bits per heavy atom. The smallest absolute Gasteiger partial charge is 0.246 e. The number of aromatic amines is 1. The van der Waals surface area contributed by atoms with E-state index >= 15 is 0 Å². The molecule has 1 aliphatic rings. The highest BCUT2D eigenvalue weighted by molar-refractivity contribution is 6.10. The number of H-pyrrole nitrogens is 1. The van der Waals surface area contributed by atoms with Crippen molar-refractivity contribution >= 4 is 29.4 Å². The molecule has 1 aromatic heterocycles. The van der Waals surface area contributed by atoms with Crippen LogP contribution in [-0.2, 0) is 9.59 Å². The molecule has 1 aromatic rings. The molecule has 0 saturated carbocycles. The maximum atomic E-state index is 13.5. The van der Waals surface area contributed by atoms with Gasteiger partial charge in [0.2, 0.25) is 11.8 Å². The first-order valence-corrected chi connectivity index (χ1v) is 13.9. The Kier molecular flexibility index (Phi) is 13.3. The number of carbonyl (C=O) groups excluding carboxylic acids is 2. The normalized spacial score (nSPS) is 20.7. The van der Waals surface area contributed by atoms with Crippen molar-refractivity contribution < 1.29 is 18.4 Å². The predicted molar refractivity (Wildman–Crippen MR) is 162 cm³/mol. The van der Waals surface area contributed by atoms with E-state index in [9.17, 15) is 18.4 Å². The highest BCUT2D eigenvalue weighted by atomic mass is 19.3. The van der Waals surface area contributed by atoms with Crippen LogP contribution in [0.3, 0.4) is 0 Å². The Balaban J connectivity index is 2.31. The molecule has 8 nitrogen and oxygen atoms in total. The Morgan fingerprint density at radius 3 is 2.76 bits per heavy atom. The molecule has 2 unspecified atom stereocenters. The van der Waals surface area contributed by atoms with Crippen molar-refractivity contribution in [1.82, 2.24) is 20.4 Å². The lowest BCUT2D eigenvalue weighted by atomic mass is 10.0. The molecule has 0 fully saturated rings.